The number of hydrogen-bond acceptors (Lipinski definition) is 4. The predicted molar refractivity (Wildman–Crippen MR) is 138 cm³/mol. The third-order valence-corrected chi connectivity index (χ3v) is 6.67. The molecule has 1 aliphatic rings. The van der Waals surface area contributed by atoms with Gasteiger partial charge < -0.3 is 19.9 Å². The van der Waals surface area contributed by atoms with Crippen molar-refractivity contribution in [1.29, 1.82) is 0 Å². The third-order valence-electron chi connectivity index (χ3n) is 6.67. The average molecular weight is 451 g/mol. The number of anilines is 3. The van der Waals surface area contributed by atoms with Gasteiger partial charge in [-0.3, -0.25) is 4.57 Å². The third kappa shape index (κ3) is 5.80. The molecule has 6 heteroatoms. The van der Waals surface area contributed by atoms with E-state index in [4.69, 9.17) is 4.74 Å². The molecule has 0 atom stereocenters. The van der Waals surface area contributed by atoms with E-state index < -0.39 is 0 Å². The molecule has 2 aromatic carbocycles. The number of imidazole rings is 1. The maximum atomic E-state index is 13.0. The molecule has 3 aromatic rings. The SMILES string of the molecule is CCCCC(CCCC)Cn1c(=O)[nH]c2cc(Nc3ccccc3)c(N3CCOCC3)cc21. The topological polar surface area (TPSA) is 62.3 Å². The lowest BCUT2D eigenvalue weighted by molar-refractivity contribution is 0.123. The maximum Gasteiger partial charge on any atom is 0.326 e. The Morgan fingerprint density at radius 2 is 1.73 bits per heavy atom. The van der Waals surface area contributed by atoms with Gasteiger partial charge in [-0.1, -0.05) is 57.7 Å². The van der Waals surface area contributed by atoms with Crippen molar-refractivity contribution in [2.75, 3.05) is 36.5 Å². The van der Waals surface area contributed by atoms with Crippen LogP contribution in [0.25, 0.3) is 11.0 Å². The van der Waals surface area contributed by atoms with Gasteiger partial charge in [-0.05, 0) is 43.0 Å². The fraction of sp³-hybridized carbons (Fsp3) is 0.519. The van der Waals surface area contributed by atoms with Gasteiger partial charge in [-0.15, -0.1) is 0 Å². The monoisotopic (exact) mass is 450 g/mol. The molecule has 0 amide bonds. The smallest absolute Gasteiger partial charge is 0.326 e. The van der Waals surface area contributed by atoms with Crippen LogP contribution in [0.2, 0.25) is 0 Å². The number of para-hydroxylation sites is 1. The summed E-state index contributed by atoms with van der Waals surface area (Å²) in [4.78, 5) is 18.5. The minimum Gasteiger partial charge on any atom is -0.378 e. The highest BCUT2D eigenvalue weighted by molar-refractivity contribution is 5.90. The first kappa shape index (κ1) is 23.4. The van der Waals surface area contributed by atoms with Crippen LogP contribution in [0.15, 0.2) is 47.3 Å². The van der Waals surface area contributed by atoms with E-state index in [1.807, 2.05) is 22.8 Å². The van der Waals surface area contributed by atoms with Crippen LogP contribution in [0, 0.1) is 5.92 Å². The molecule has 4 rings (SSSR count). The highest BCUT2D eigenvalue weighted by Gasteiger charge is 2.20. The number of fused-ring (bicyclic) bond motifs is 1. The highest BCUT2D eigenvalue weighted by Crippen LogP contribution is 2.34. The summed E-state index contributed by atoms with van der Waals surface area (Å²) in [6.45, 7) is 8.40. The van der Waals surface area contributed by atoms with Gasteiger partial charge in [0.25, 0.3) is 0 Å². The largest absolute Gasteiger partial charge is 0.378 e. The van der Waals surface area contributed by atoms with E-state index >= 15 is 0 Å². The van der Waals surface area contributed by atoms with Crippen molar-refractivity contribution in [2.24, 2.45) is 5.92 Å². The lowest BCUT2D eigenvalue weighted by Crippen LogP contribution is -2.36. The summed E-state index contributed by atoms with van der Waals surface area (Å²) in [6, 6.07) is 14.5. The van der Waals surface area contributed by atoms with Crippen LogP contribution >= 0.6 is 0 Å². The predicted octanol–water partition coefficient (Wildman–Crippen LogP) is 5.91. The second kappa shape index (κ2) is 11.4. The zero-order chi connectivity index (χ0) is 23.0. The van der Waals surface area contributed by atoms with Crippen molar-refractivity contribution in [2.45, 2.75) is 58.9 Å². The van der Waals surface area contributed by atoms with Gasteiger partial charge in [-0.2, -0.15) is 0 Å². The first-order valence-electron chi connectivity index (χ1n) is 12.6. The minimum atomic E-state index is -0.00668. The molecular weight excluding hydrogens is 412 g/mol. The van der Waals surface area contributed by atoms with Crippen LogP contribution in [0.4, 0.5) is 17.1 Å². The molecule has 0 bridgehead atoms. The van der Waals surface area contributed by atoms with E-state index in [1.165, 1.54) is 38.5 Å². The van der Waals surface area contributed by atoms with Gasteiger partial charge in [0.05, 0.1) is 35.6 Å². The molecule has 2 heterocycles. The molecule has 2 N–H and O–H groups in total. The first-order chi connectivity index (χ1) is 16.2. The summed E-state index contributed by atoms with van der Waals surface area (Å²) in [5, 5.41) is 3.57. The molecule has 0 radical (unpaired) electrons. The molecule has 1 aliphatic heterocycles. The van der Waals surface area contributed by atoms with Crippen molar-refractivity contribution in [3.63, 3.8) is 0 Å². The van der Waals surface area contributed by atoms with Crippen LogP contribution < -0.4 is 15.9 Å². The fourth-order valence-corrected chi connectivity index (χ4v) is 4.79. The van der Waals surface area contributed by atoms with Crippen molar-refractivity contribution < 1.29 is 4.74 Å². The standard InChI is InChI=1S/C27H38N4O2/c1-3-5-10-21(11-6-4-2)20-31-26-19-25(30-14-16-33-17-15-30)23(18-24(26)29-27(31)32)28-22-12-8-7-9-13-22/h7-9,12-13,18-19,21,28H,3-6,10-11,14-17,20H2,1-2H3,(H,29,32). The van der Waals surface area contributed by atoms with Gasteiger partial charge in [-0.25, -0.2) is 4.79 Å². The number of nitrogens with zero attached hydrogens (tertiary/aromatic N) is 2. The van der Waals surface area contributed by atoms with Crippen LogP contribution in [0.1, 0.15) is 52.4 Å². The van der Waals surface area contributed by atoms with E-state index in [9.17, 15) is 4.79 Å². The number of H-pyrrole nitrogens is 1. The second-order valence-corrected chi connectivity index (χ2v) is 9.17. The second-order valence-electron chi connectivity index (χ2n) is 9.17. The number of benzene rings is 2. The number of ether oxygens (including phenoxy) is 1. The molecular formula is C27H38N4O2. The Balaban J connectivity index is 1.71. The van der Waals surface area contributed by atoms with Crippen LogP contribution in [-0.2, 0) is 11.3 Å². The molecule has 1 aromatic heterocycles. The highest BCUT2D eigenvalue weighted by atomic mass is 16.5. The van der Waals surface area contributed by atoms with Crippen molar-refractivity contribution in [3.8, 4) is 0 Å². The molecule has 0 aliphatic carbocycles. The fourth-order valence-electron chi connectivity index (χ4n) is 4.79. The molecule has 0 unspecified atom stereocenters. The quantitative estimate of drug-likeness (QED) is 0.381. The molecule has 6 nitrogen and oxygen atoms in total. The van der Waals surface area contributed by atoms with E-state index in [2.05, 4.69) is 53.3 Å². The summed E-state index contributed by atoms with van der Waals surface area (Å²) in [5.74, 6) is 0.538. The molecule has 1 fully saturated rings. The van der Waals surface area contributed by atoms with Crippen LogP contribution in [-0.4, -0.2) is 35.9 Å². The Kier molecular flexibility index (Phi) is 8.10. The van der Waals surface area contributed by atoms with Gasteiger partial charge in [0, 0.05) is 25.3 Å². The number of aromatic amines is 1. The minimum absolute atomic E-state index is 0.00668. The Bertz CT molecular complexity index is 1060. The Morgan fingerprint density at radius 1 is 1.03 bits per heavy atom. The van der Waals surface area contributed by atoms with E-state index in [0.29, 0.717) is 5.92 Å². The first-order valence-corrected chi connectivity index (χ1v) is 12.6. The molecule has 178 valence electrons. The summed E-state index contributed by atoms with van der Waals surface area (Å²) in [5.41, 5.74) is 5.05. The molecule has 1 saturated heterocycles. The average Bonchev–Trinajstić information content (AvgIpc) is 3.15. The molecule has 0 spiro atoms. The van der Waals surface area contributed by atoms with Crippen LogP contribution in [0.5, 0.6) is 0 Å². The summed E-state index contributed by atoms with van der Waals surface area (Å²) >= 11 is 0. The van der Waals surface area contributed by atoms with Gasteiger partial charge in [0.2, 0.25) is 0 Å². The van der Waals surface area contributed by atoms with Gasteiger partial charge in [0.1, 0.15) is 0 Å². The van der Waals surface area contributed by atoms with Crippen molar-refractivity contribution >= 4 is 28.1 Å². The maximum absolute atomic E-state index is 13.0. The van der Waals surface area contributed by atoms with Gasteiger partial charge in [0.15, 0.2) is 0 Å². The summed E-state index contributed by atoms with van der Waals surface area (Å²) in [6.07, 6.45) is 7.19. The Morgan fingerprint density at radius 3 is 2.39 bits per heavy atom. The zero-order valence-electron chi connectivity index (χ0n) is 20.1. The van der Waals surface area contributed by atoms with Gasteiger partial charge >= 0.3 is 5.69 Å². The number of hydrogen-bond donors (Lipinski definition) is 2. The number of nitrogens with one attached hydrogen (secondary N) is 2. The van der Waals surface area contributed by atoms with E-state index in [0.717, 1.165) is 60.9 Å². The number of rotatable bonds is 11. The summed E-state index contributed by atoms with van der Waals surface area (Å²) < 4.78 is 7.57. The summed E-state index contributed by atoms with van der Waals surface area (Å²) in [7, 11) is 0. The number of aromatic nitrogens is 2. The number of unbranched alkanes of at least 4 members (excludes halogenated alkanes) is 2. The normalized spacial score (nSPS) is 14.3. The van der Waals surface area contributed by atoms with Crippen LogP contribution in [0.3, 0.4) is 0 Å². The lowest BCUT2D eigenvalue weighted by atomic mass is 9.96. The van der Waals surface area contributed by atoms with Crippen molar-refractivity contribution in [3.05, 3.63) is 52.9 Å². The zero-order valence-corrected chi connectivity index (χ0v) is 20.1. The Hall–Kier alpha value is -2.73. The Labute approximate surface area is 196 Å². The lowest BCUT2D eigenvalue weighted by Gasteiger charge is -2.31. The van der Waals surface area contributed by atoms with E-state index in [-0.39, 0.29) is 5.69 Å². The van der Waals surface area contributed by atoms with E-state index in [1.54, 1.807) is 0 Å². The molecule has 33 heavy (non-hydrogen) atoms. The molecule has 0 saturated carbocycles. The number of morpholine rings is 1. The van der Waals surface area contributed by atoms with Crippen molar-refractivity contribution in [1.82, 2.24) is 9.55 Å².